The number of sulfonamides is 1. The van der Waals surface area contributed by atoms with Gasteiger partial charge in [0.15, 0.2) is 0 Å². The Kier molecular flexibility index (Phi) is 5.47. The van der Waals surface area contributed by atoms with E-state index < -0.39 is 10.0 Å². The number of aromatic nitrogens is 2. The van der Waals surface area contributed by atoms with Crippen molar-refractivity contribution >= 4 is 49.2 Å². The van der Waals surface area contributed by atoms with Crippen molar-refractivity contribution in [3.63, 3.8) is 0 Å². The van der Waals surface area contributed by atoms with Gasteiger partial charge in [-0.25, -0.2) is 18.4 Å². The zero-order valence-electron chi connectivity index (χ0n) is 16.9. The van der Waals surface area contributed by atoms with Crippen molar-refractivity contribution in [2.24, 2.45) is 0 Å². The fraction of sp³-hybridized carbons (Fsp3) is 0.429. The summed E-state index contributed by atoms with van der Waals surface area (Å²) >= 11 is 3.56. The van der Waals surface area contributed by atoms with Gasteiger partial charge in [-0.15, -0.1) is 23.1 Å². The molecule has 0 saturated carbocycles. The van der Waals surface area contributed by atoms with Crippen molar-refractivity contribution in [1.29, 1.82) is 0 Å². The topological polar surface area (TPSA) is 66.4 Å². The highest BCUT2D eigenvalue weighted by Crippen LogP contribution is 2.41. The van der Waals surface area contributed by atoms with Crippen LogP contribution in [-0.4, -0.2) is 55.1 Å². The van der Waals surface area contributed by atoms with Crippen LogP contribution in [0.4, 0.5) is 5.82 Å². The van der Waals surface area contributed by atoms with Gasteiger partial charge in [0.25, 0.3) is 0 Å². The van der Waals surface area contributed by atoms with Crippen LogP contribution in [0.1, 0.15) is 22.7 Å². The van der Waals surface area contributed by atoms with Gasteiger partial charge in [0, 0.05) is 36.0 Å². The van der Waals surface area contributed by atoms with Crippen molar-refractivity contribution < 1.29 is 8.42 Å². The third kappa shape index (κ3) is 3.95. The molecule has 0 spiro atoms. The molecule has 30 heavy (non-hydrogen) atoms. The van der Waals surface area contributed by atoms with Crippen LogP contribution in [0.5, 0.6) is 0 Å². The predicted octanol–water partition coefficient (Wildman–Crippen LogP) is 3.55. The van der Waals surface area contributed by atoms with E-state index in [9.17, 15) is 8.42 Å². The molecule has 5 rings (SSSR count). The molecule has 1 fully saturated rings. The van der Waals surface area contributed by atoms with E-state index in [4.69, 9.17) is 9.97 Å². The molecule has 0 radical (unpaired) electrons. The number of thiophene rings is 1. The molecular formula is C21H24N4O2S3. The molecule has 1 aromatic carbocycles. The number of anilines is 1. The molecule has 0 bridgehead atoms. The van der Waals surface area contributed by atoms with Crippen LogP contribution in [0.25, 0.3) is 10.2 Å². The molecule has 0 N–H and O–H groups in total. The minimum atomic E-state index is -3.15. The van der Waals surface area contributed by atoms with E-state index >= 15 is 0 Å². The first-order valence-corrected chi connectivity index (χ1v) is 13.8. The minimum absolute atomic E-state index is 0.505. The second-order valence-corrected chi connectivity index (χ2v) is 11.9. The molecular weight excluding hydrogens is 436 g/mol. The summed E-state index contributed by atoms with van der Waals surface area (Å²) in [6.45, 7) is 2.33. The van der Waals surface area contributed by atoms with Gasteiger partial charge >= 0.3 is 0 Å². The number of hydrogen-bond acceptors (Lipinski definition) is 7. The van der Waals surface area contributed by atoms with Gasteiger partial charge < -0.3 is 4.90 Å². The van der Waals surface area contributed by atoms with Crippen molar-refractivity contribution in [2.75, 3.05) is 37.3 Å². The fourth-order valence-corrected chi connectivity index (χ4v) is 7.08. The molecule has 0 atom stereocenters. The zero-order chi connectivity index (χ0) is 20.7. The highest BCUT2D eigenvalue weighted by atomic mass is 32.2. The number of piperazine rings is 1. The highest BCUT2D eigenvalue weighted by Gasteiger charge is 2.28. The second-order valence-electron chi connectivity index (χ2n) is 7.75. The quantitative estimate of drug-likeness (QED) is 0.543. The standard InChI is InChI=1S/C21H24N4O2S3/c1-30(26,27)25-12-10-24(11-13-25)20-19-16-8-5-9-17(16)29-21(19)23-18(22-20)14-28-15-6-3-2-4-7-15/h2-4,6-7H,5,8-14H2,1H3. The molecule has 1 aliphatic carbocycles. The van der Waals surface area contributed by atoms with E-state index in [2.05, 4.69) is 17.0 Å². The third-order valence-corrected chi connectivity index (χ3v) is 9.21. The first kappa shape index (κ1) is 20.2. The Labute approximate surface area is 185 Å². The monoisotopic (exact) mass is 460 g/mol. The summed E-state index contributed by atoms with van der Waals surface area (Å²) in [5.41, 5.74) is 1.41. The Morgan fingerprint density at radius 1 is 1.07 bits per heavy atom. The van der Waals surface area contributed by atoms with Crippen LogP contribution in [0.3, 0.4) is 0 Å². The molecule has 3 heterocycles. The molecule has 0 unspecified atom stereocenters. The summed E-state index contributed by atoms with van der Waals surface area (Å²) in [5.74, 6) is 2.56. The molecule has 6 nitrogen and oxygen atoms in total. The summed E-state index contributed by atoms with van der Waals surface area (Å²) in [7, 11) is -3.15. The van der Waals surface area contributed by atoms with Crippen LogP contribution in [0.15, 0.2) is 35.2 Å². The third-order valence-electron chi connectivity index (χ3n) is 5.71. The van der Waals surface area contributed by atoms with E-state index in [0.29, 0.717) is 26.2 Å². The molecule has 158 valence electrons. The van der Waals surface area contributed by atoms with E-state index in [1.807, 2.05) is 29.5 Å². The van der Waals surface area contributed by atoms with Crippen molar-refractivity contribution in [3.8, 4) is 0 Å². The van der Waals surface area contributed by atoms with Crippen LogP contribution in [0, 0.1) is 0 Å². The Morgan fingerprint density at radius 2 is 1.83 bits per heavy atom. The number of thioether (sulfide) groups is 1. The van der Waals surface area contributed by atoms with E-state index in [1.54, 1.807) is 16.1 Å². The van der Waals surface area contributed by atoms with Crippen molar-refractivity contribution in [1.82, 2.24) is 14.3 Å². The van der Waals surface area contributed by atoms with Gasteiger partial charge in [0.05, 0.1) is 17.4 Å². The lowest BCUT2D eigenvalue weighted by atomic mass is 10.1. The molecule has 2 aliphatic rings. The SMILES string of the molecule is CS(=O)(=O)N1CCN(c2nc(CSc3ccccc3)nc3sc4c(c23)CCC4)CC1. The summed E-state index contributed by atoms with van der Waals surface area (Å²) in [6.07, 6.45) is 4.71. The summed E-state index contributed by atoms with van der Waals surface area (Å²) in [5, 5.41) is 1.20. The lowest BCUT2D eigenvalue weighted by Gasteiger charge is -2.34. The summed E-state index contributed by atoms with van der Waals surface area (Å²) in [6, 6.07) is 10.3. The Morgan fingerprint density at radius 3 is 2.57 bits per heavy atom. The molecule has 1 aliphatic heterocycles. The van der Waals surface area contributed by atoms with Crippen LogP contribution in [0.2, 0.25) is 0 Å². The fourth-order valence-electron chi connectivity index (χ4n) is 4.21. The minimum Gasteiger partial charge on any atom is -0.353 e. The highest BCUT2D eigenvalue weighted by molar-refractivity contribution is 7.98. The smallest absolute Gasteiger partial charge is 0.211 e. The number of nitrogens with zero attached hydrogens (tertiary/aromatic N) is 4. The maximum atomic E-state index is 11.9. The van der Waals surface area contributed by atoms with Crippen LogP contribution >= 0.6 is 23.1 Å². The largest absolute Gasteiger partial charge is 0.353 e. The Hall–Kier alpha value is -1.68. The van der Waals surface area contributed by atoms with Crippen LogP contribution < -0.4 is 4.90 Å². The second kappa shape index (κ2) is 8.11. The number of aryl methyl sites for hydroxylation is 2. The number of hydrogen-bond donors (Lipinski definition) is 0. The average molecular weight is 461 g/mol. The molecule has 2 aromatic heterocycles. The number of rotatable bonds is 5. The molecule has 3 aromatic rings. The molecule has 1 saturated heterocycles. The van der Waals surface area contributed by atoms with Gasteiger partial charge in [0.2, 0.25) is 10.0 Å². The van der Waals surface area contributed by atoms with Gasteiger partial charge in [-0.2, -0.15) is 4.31 Å². The normalized spacial score (nSPS) is 17.6. The van der Waals surface area contributed by atoms with Crippen molar-refractivity contribution in [3.05, 3.63) is 46.6 Å². The first-order chi connectivity index (χ1) is 14.5. The Bertz CT molecular complexity index is 1170. The predicted molar refractivity (Wildman–Crippen MR) is 124 cm³/mol. The van der Waals surface area contributed by atoms with Crippen molar-refractivity contribution in [2.45, 2.75) is 29.9 Å². The lowest BCUT2D eigenvalue weighted by molar-refractivity contribution is 0.387. The summed E-state index contributed by atoms with van der Waals surface area (Å²) in [4.78, 5) is 15.9. The van der Waals surface area contributed by atoms with Gasteiger partial charge in [-0.05, 0) is 37.0 Å². The van der Waals surface area contributed by atoms with Gasteiger partial charge in [-0.3, -0.25) is 0 Å². The lowest BCUT2D eigenvalue weighted by Crippen LogP contribution is -2.48. The van der Waals surface area contributed by atoms with Crippen LogP contribution in [-0.2, 0) is 28.6 Å². The summed E-state index contributed by atoms with van der Waals surface area (Å²) < 4.78 is 25.4. The van der Waals surface area contributed by atoms with E-state index in [-0.39, 0.29) is 0 Å². The van der Waals surface area contributed by atoms with E-state index in [1.165, 1.54) is 33.4 Å². The van der Waals surface area contributed by atoms with Gasteiger partial charge in [0.1, 0.15) is 16.5 Å². The maximum absolute atomic E-state index is 11.9. The maximum Gasteiger partial charge on any atom is 0.211 e. The van der Waals surface area contributed by atoms with Gasteiger partial charge in [-0.1, -0.05) is 18.2 Å². The molecule has 9 heteroatoms. The van der Waals surface area contributed by atoms with E-state index in [0.717, 1.165) is 35.1 Å². The Balaban J connectivity index is 1.47. The number of fused-ring (bicyclic) bond motifs is 3. The average Bonchev–Trinajstić information content (AvgIpc) is 3.33. The first-order valence-electron chi connectivity index (χ1n) is 10.2. The molecule has 0 amide bonds. The number of benzene rings is 1. The zero-order valence-corrected chi connectivity index (χ0v) is 19.3.